The molecule has 0 radical (unpaired) electrons. The molecule has 0 amide bonds. The molecule has 3 rings (SSSR count). The summed E-state index contributed by atoms with van der Waals surface area (Å²) in [6.45, 7) is 2.00. The van der Waals surface area contributed by atoms with Crippen molar-refractivity contribution in [2.45, 2.75) is 12.8 Å². The molecule has 0 aromatic heterocycles. The number of hydrogen-bond acceptors (Lipinski definition) is 1. The van der Waals surface area contributed by atoms with Crippen LogP contribution in [0.15, 0.2) is 48.5 Å². The Morgan fingerprint density at radius 1 is 0.667 bits per heavy atom. The highest BCUT2D eigenvalue weighted by molar-refractivity contribution is 5.81. The second kappa shape index (κ2) is 5.52. The molecule has 0 atom stereocenters. The molecule has 0 N–H and O–H groups in total. The van der Waals surface area contributed by atoms with Crippen molar-refractivity contribution in [3.63, 3.8) is 0 Å². The molecule has 1 nitrogen and oxygen atoms in total. The quantitative estimate of drug-likeness (QED) is 0.631. The Labute approximate surface area is 90.7 Å². The van der Waals surface area contributed by atoms with E-state index in [2.05, 4.69) is 48.5 Å². The zero-order valence-corrected chi connectivity index (χ0v) is 8.86. The summed E-state index contributed by atoms with van der Waals surface area (Å²) in [6.07, 6.45) is 2.56. The minimum absolute atomic E-state index is 1.00. The van der Waals surface area contributed by atoms with Crippen LogP contribution in [0.4, 0.5) is 0 Å². The van der Waals surface area contributed by atoms with Crippen LogP contribution < -0.4 is 0 Å². The fraction of sp³-hybridized carbons (Fsp3) is 0.286. The zero-order valence-electron chi connectivity index (χ0n) is 8.86. The van der Waals surface area contributed by atoms with E-state index in [1.54, 1.807) is 0 Å². The van der Waals surface area contributed by atoms with Crippen LogP contribution >= 0.6 is 0 Å². The molecule has 78 valence electrons. The molecule has 2 aromatic rings. The molecular weight excluding hydrogens is 184 g/mol. The molecule has 1 heterocycles. The second-order valence-corrected chi connectivity index (χ2v) is 3.67. The highest BCUT2D eigenvalue weighted by Gasteiger charge is 1.94. The van der Waals surface area contributed by atoms with Crippen LogP contribution in [0.2, 0.25) is 0 Å². The number of benzene rings is 2. The lowest BCUT2D eigenvalue weighted by molar-refractivity contribution is 0.198. The van der Waals surface area contributed by atoms with Gasteiger partial charge in [-0.05, 0) is 23.6 Å². The molecule has 2 aromatic carbocycles. The number of rotatable bonds is 0. The highest BCUT2D eigenvalue weighted by Crippen LogP contribution is 2.11. The Kier molecular flexibility index (Phi) is 3.75. The molecule has 1 fully saturated rings. The van der Waals surface area contributed by atoms with Crippen LogP contribution in [-0.2, 0) is 4.74 Å². The first-order chi connectivity index (χ1) is 7.47. The predicted molar refractivity (Wildman–Crippen MR) is 64.0 cm³/mol. The van der Waals surface area contributed by atoms with E-state index >= 15 is 0 Å². The summed E-state index contributed by atoms with van der Waals surface area (Å²) in [5.74, 6) is 0. The summed E-state index contributed by atoms with van der Waals surface area (Å²) in [4.78, 5) is 0. The maximum absolute atomic E-state index is 4.94. The van der Waals surface area contributed by atoms with Crippen molar-refractivity contribution in [1.29, 1.82) is 0 Å². The lowest BCUT2D eigenvalue weighted by Gasteiger charge is -1.92. The standard InChI is InChI=1S/C10H8.C4H8O/c1-2-6-10-8-4-3-7-9(10)5-1;1-2-4-5-3-1/h1-8H;1-4H2. The van der Waals surface area contributed by atoms with E-state index in [4.69, 9.17) is 4.74 Å². The van der Waals surface area contributed by atoms with Gasteiger partial charge in [-0.3, -0.25) is 0 Å². The molecule has 1 saturated heterocycles. The van der Waals surface area contributed by atoms with E-state index in [-0.39, 0.29) is 0 Å². The molecule has 1 aliphatic rings. The van der Waals surface area contributed by atoms with Crippen LogP contribution in [0.3, 0.4) is 0 Å². The Morgan fingerprint density at radius 2 is 1.07 bits per heavy atom. The molecule has 1 aliphatic heterocycles. The van der Waals surface area contributed by atoms with Crippen molar-refractivity contribution in [3.8, 4) is 0 Å². The van der Waals surface area contributed by atoms with Gasteiger partial charge in [0, 0.05) is 13.2 Å². The van der Waals surface area contributed by atoms with Gasteiger partial charge in [0.2, 0.25) is 0 Å². The Hall–Kier alpha value is -1.34. The van der Waals surface area contributed by atoms with E-state index in [1.165, 1.54) is 23.6 Å². The monoisotopic (exact) mass is 200 g/mol. The molecular formula is C14H16O. The largest absolute Gasteiger partial charge is 0.381 e. The summed E-state index contributed by atoms with van der Waals surface area (Å²) in [5, 5.41) is 2.62. The summed E-state index contributed by atoms with van der Waals surface area (Å²) in [7, 11) is 0. The first kappa shape index (κ1) is 10.2. The Morgan fingerprint density at radius 3 is 1.33 bits per heavy atom. The maximum atomic E-state index is 4.94. The van der Waals surface area contributed by atoms with Crippen molar-refractivity contribution in [3.05, 3.63) is 48.5 Å². The van der Waals surface area contributed by atoms with E-state index in [1.807, 2.05) is 0 Å². The topological polar surface area (TPSA) is 9.23 Å². The molecule has 1 heteroatoms. The van der Waals surface area contributed by atoms with Crippen LogP contribution in [0.5, 0.6) is 0 Å². The second-order valence-electron chi connectivity index (χ2n) is 3.67. The third kappa shape index (κ3) is 3.07. The predicted octanol–water partition coefficient (Wildman–Crippen LogP) is 3.64. The average molecular weight is 200 g/mol. The maximum Gasteiger partial charge on any atom is 0.0466 e. The molecule has 0 aliphatic carbocycles. The average Bonchev–Trinajstić information content (AvgIpc) is 2.88. The van der Waals surface area contributed by atoms with Gasteiger partial charge in [-0.2, -0.15) is 0 Å². The van der Waals surface area contributed by atoms with Gasteiger partial charge in [-0.1, -0.05) is 48.5 Å². The van der Waals surface area contributed by atoms with Crippen molar-refractivity contribution in [1.82, 2.24) is 0 Å². The Balaban J connectivity index is 0.000000144. The first-order valence-corrected chi connectivity index (χ1v) is 5.48. The van der Waals surface area contributed by atoms with Crippen molar-refractivity contribution >= 4 is 10.8 Å². The first-order valence-electron chi connectivity index (χ1n) is 5.48. The molecule has 0 saturated carbocycles. The fourth-order valence-corrected chi connectivity index (χ4v) is 1.64. The van der Waals surface area contributed by atoms with Gasteiger partial charge in [0.1, 0.15) is 0 Å². The SMILES string of the molecule is C1CCOC1.c1ccc2ccccc2c1. The molecule has 15 heavy (non-hydrogen) atoms. The zero-order chi connectivity index (χ0) is 10.3. The molecule has 0 unspecified atom stereocenters. The Bertz CT molecular complexity index is 332. The number of ether oxygens (including phenoxy) is 1. The number of hydrogen-bond donors (Lipinski definition) is 0. The van der Waals surface area contributed by atoms with Gasteiger partial charge in [-0.15, -0.1) is 0 Å². The van der Waals surface area contributed by atoms with Gasteiger partial charge in [0.15, 0.2) is 0 Å². The molecule has 0 spiro atoms. The lowest BCUT2D eigenvalue weighted by atomic mass is 10.1. The summed E-state index contributed by atoms with van der Waals surface area (Å²) in [5.41, 5.74) is 0. The summed E-state index contributed by atoms with van der Waals surface area (Å²) in [6, 6.07) is 16.7. The van der Waals surface area contributed by atoms with E-state index in [9.17, 15) is 0 Å². The normalized spacial score (nSPS) is 14.7. The highest BCUT2D eigenvalue weighted by atomic mass is 16.5. The number of fused-ring (bicyclic) bond motifs is 1. The van der Waals surface area contributed by atoms with Gasteiger partial charge in [0.05, 0.1) is 0 Å². The smallest absolute Gasteiger partial charge is 0.0466 e. The van der Waals surface area contributed by atoms with Crippen LogP contribution in [0.1, 0.15) is 12.8 Å². The van der Waals surface area contributed by atoms with E-state index < -0.39 is 0 Å². The minimum atomic E-state index is 1.00. The molecule has 0 bridgehead atoms. The van der Waals surface area contributed by atoms with Gasteiger partial charge in [-0.25, -0.2) is 0 Å². The van der Waals surface area contributed by atoms with Crippen molar-refractivity contribution in [2.75, 3.05) is 13.2 Å². The van der Waals surface area contributed by atoms with E-state index in [0.29, 0.717) is 0 Å². The fourth-order valence-electron chi connectivity index (χ4n) is 1.64. The third-order valence-electron chi connectivity index (χ3n) is 2.49. The third-order valence-corrected chi connectivity index (χ3v) is 2.49. The van der Waals surface area contributed by atoms with Gasteiger partial charge in [0.25, 0.3) is 0 Å². The summed E-state index contributed by atoms with van der Waals surface area (Å²) < 4.78 is 4.94. The van der Waals surface area contributed by atoms with Crippen molar-refractivity contribution in [2.24, 2.45) is 0 Å². The van der Waals surface area contributed by atoms with Gasteiger partial charge >= 0.3 is 0 Å². The van der Waals surface area contributed by atoms with Gasteiger partial charge < -0.3 is 4.74 Å². The van der Waals surface area contributed by atoms with Crippen molar-refractivity contribution < 1.29 is 4.74 Å². The summed E-state index contributed by atoms with van der Waals surface area (Å²) >= 11 is 0. The van der Waals surface area contributed by atoms with Crippen LogP contribution in [0.25, 0.3) is 10.8 Å². The minimum Gasteiger partial charge on any atom is -0.381 e. The van der Waals surface area contributed by atoms with E-state index in [0.717, 1.165) is 13.2 Å². The van der Waals surface area contributed by atoms with Crippen LogP contribution in [-0.4, -0.2) is 13.2 Å². The lowest BCUT2D eigenvalue weighted by Crippen LogP contribution is -1.74. The van der Waals surface area contributed by atoms with Crippen LogP contribution in [0, 0.1) is 0 Å².